The Balaban J connectivity index is 1.46. The van der Waals surface area contributed by atoms with Crippen molar-refractivity contribution in [3.8, 4) is 0 Å². The van der Waals surface area contributed by atoms with E-state index in [-0.39, 0.29) is 0 Å². The lowest BCUT2D eigenvalue weighted by molar-refractivity contribution is -0.0846. The van der Waals surface area contributed by atoms with Gasteiger partial charge >= 0.3 is 0 Å². The molecule has 1 unspecified atom stereocenters. The van der Waals surface area contributed by atoms with Crippen molar-refractivity contribution in [2.45, 2.75) is 44.9 Å². The van der Waals surface area contributed by atoms with Crippen molar-refractivity contribution in [2.24, 2.45) is 29.1 Å². The lowest BCUT2D eigenvalue weighted by Crippen LogP contribution is -2.52. The van der Waals surface area contributed by atoms with Crippen LogP contribution in [-0.4, -0.2) is 6.54 Å². The molecule has 106 valence electrons. The number of rotatable bonds is 1. The van der Waals surface area contributed by atoms with Crippen molar-refractivity contribution in [3.63, 3.8) is 0 Å². The normalized spacial score (nSPS) is 45.0. The fourth-order valence-electron chi connectivity index (χ4n) is 6.55. The highest BCUT2D eigenvalue weighted by Crippen LogP contribution is 2.63. The minimum absolute atomic E-state index is 0.704. The molecule has 1 nitrogen and oxygen atoms in total. The van der Waals surface area contributed by atoms with Crippen LogP contribution in [0.1, 0.15) is 44.1 Å². The summed E-state index contributed by atoms with van der Waals surface area (Å²) in [5.41, 5.74) is 3.67. The number of fused-ring (bicyclic) bond motifs is 1. The van der Waals surface area contributed by atoms with Crippen LogP contribution >= 0.6 is 0 Å². The van der Waals surface area contributed by atoms with E-state index in [4.69, 9.17) is 0 Å². The Hall–Kier alpha value is -0.980. The van der Waals surface area contributed by atoms with Gasteiger partial charge in [0.05, 0.1) is 0 Å². The molecule has 5 aliphatic rings. The van der Waals surface area contributed by atoms with Crippen LogP contribution in [0, 0.1) is 29.1 Å². The molecule has 4 aliphatic carbocycles. The van der Waals surface area contributed by atoms with Crippen molar-refractivity contribution in [1.82, 2.24) is 0 Å². The van der Waals surface area contributed by atoms with Crippen LogP contribution in [0.2, 0.25) is 0 Å². The molecule has 0 amide bonds. The van der Waals surface area contributed by atoms with Gasteiger partial charge in [-0.1, -0.05) is 18.2 Å². The summed E-state index contributed by atoms with van der Waals surface area (Å²) in [6.45, 7) is 1.23. The summed E-state index contributed by atoms with van der Waals surface area (Å²) in [6.07, 6.45) is 10.7. The third-order valence-corrected chi connectivity index (χ3v) is 6.97. The predicted octanol–water partition coefficient (Wildman–Crippen LogP) is 4.49. The molecule has 0 spiro atoms. The topological polar surface area (TPSA) is 12.0 Å². The third kappa shape index (κ3) is 1.61. The molecule has 20 heavy (non-hydrogen) atoms. The van der Waals surface area contributed by atoms with E-state index in [0.717, 1.165) is 23.7 Å². The Kier molecular flexibility index (Phi) is 2.34. The molecule has 4 saturated carbocycles. The van der Waals surface area contributed by atoms with Crippen LogP contribution in [-0.2, 0) is 6.42 Å². The Morgan fingerprint density at radius 2 is 1.55 bits per heavy atom. The summed E-state index contributed by atoms with van der Waals surface area (Å²) in [4.78, 5) is 0. The zero-order valence-electron chi connectivity index (χ0n) is 12.3. The SMILES string of the molecule is c1ccc2c(c1)CC(C13CC4CC(CC(C4)C1)C3)CN2. The number of benzene rings is 1. The molecule has 1 aromatic rings. The highest BCUT2D eigenvalue weighted by Gasteiger charge is 2.54. The molecule has 1 heterocycles. The number of hydrogen-bond donors (Lipinski definition) is 1. The van der Waals surface area contributed by atoms with Gasteiger partial charge in [0.1, 0.15) is 0 Å². The van der Waals surface area contributed by atoms with Crippen molar-refractivity contribution in [2.75, 3.05) is 11.9 Å². The van der Waals surface area contributed by atoms with Gasteiger partial charge < -0.3 is 5.32 Å². The molecule has 4 bridgehead atoms. The largest absolute Gasteiger partial charge is 0.385 e. The van der Waals surface area contributed by atoms with Crippen LogP contribution in [0.5, 0.6) is 0 Å². The summed E-state index contributed by atoms with van der Waals surface area (Å²) in [6, 6.07) is 8.97. The molecule has 0 radical (unpaired) electrons. The van der Waals surface area contributed by atoms with Crippen molar-refractivity contribution in [3.05, 3.63) is 29.8 Å². The van der Waals surface area contributed by atoms with Gasteiger partial charge in [-0.15, -0.1) is 0 Å². The Labute approximate surface area is 122 Å². The maximum Gasteiger partial charge on any atom is 0.0372 e. The van der Waals surface area contributed by atoms with E-state index < -0.39 is 0 Å². The van der Waals surface area contributed by atoms with Gasteiger partial charge in [-0.2, -0.15) is 0 Å². The fourth-order valence-corrected chi connectivity index (χ4v) is 6.55. The third-order valence-electron chi connectivity index (χ3n) is 6.97. The molecule has 0 saturated heterocycles. The first-order chi connectivity index (χ1) is 9.81. The number of hydrogen-bond acceptors (Lipinski definition) is 1. The van der Waals surface area contributed by atoms with E-state index >= 15 is 0 Å². The molecule has 1 heteroatoms. The van der Waals surface area contributed by atoms with Gasteiger partial charge in [-0.3, -0.25) is 0 Å². The summed E-state index contributed by atoms with van der Waals surface area (Å²) in [7, 11) is 0. The first-order valence-corrected chi connectivity index (χ1v) is 8.62. The maximum atomic E-state index is 3.74. The van der Waals surface area contributed by atoms with E-state index in [1.807, 2.05) is 0 Å². The van der Waals surface area contributed by atoms with Gasteiger partial charge in [0.15, 0.2) is 0 Å². The standard InChI is InChI=1S/C19H25N/c1-2-4-18-16(3-1)8-17(12-20-18)19-9-13-5-14(10-19)7-15(6-13)11-19/h1-4,13-15,17,20H,5-12H2. The Morgan fingerprint density at radius 1 is 0.900 bits per heavy atom. The quantitative estimate of drug-likeness (QED) is 0.790. The maximum absolute atomic E-state index is 3.74. The monoisotopic (exact) mass is 267 g/mol. The van der Waals surface area contributed by atoms with Crippen LogP contribution in [0.3, 0.4) is 0 Å². The van der Waals surface area contributed by atoms with Crippen LogP contribution < -0.4 is 5.32 Å². The molecule has 0 aromatic heterocycles. The van der Waals surface area contributed by atoms with Gasteiger partial charge in [0.2, 0.25) is 0 Å². The molecule has 1 atom stereocenters. The average Bonchev–Trinajstić information content (AvgIpc) is 2.45. The molecule has 1 N–H and O–H groups in total. The van der Waals surface area contributed by atoms with E-state index in [0.29, 0.717) is 5.41 Å². The van der Waals surface area contributed by atoms with Gasteiger partial charge in [-0.05, 0) is 85.7 Å². The molecular formula is C19H25N. The Bertz CT molecular complexity index is 497. The summed E-state index contributed by atoms with van der Waals surface area (Å²) >= 11 is 0. The van der Waals surface area contributed by atoms with Gasteiger partial charge in [0, 0.05) is 12.2 Å². The minimum Gasteiger partial charge on any atom is -0.385 e. The molecular weight excluding hydrogens is 242 g/mol. The zero-order valence-corrected chi connectivity index (χ0v) is 12.3. The predicted molar refractivity (Wildman–Crippen MR) is 82.7 cm³/mol. The van der Waals surface area contributed by atoms with Crippen molar-refractivity contribution < 1.29 is 0 Å². The van der Waals surface area contributed by atoms with E-state index in [1.165, 1.54) is 18.7 Å². The molecule has 1 aromatic carbocycles. The van der Waals surface area contributed by atoms with E-state index in [1.54, 1.807) is 44.1 Å². The highest BCUT2D eigenvalue weighted by atomic mass is 14.9. The lowest BCUT2D eigenvalue weighted by atomic mass is 9.46. The second kappa shape index (κ2) is 4.02. The van der Waals surface area contributed by atoms with Gasteiger partial charge in [0.25, 0.3) is 0 Å². The molecule has 6 rings (SSSR count). The second-order valence-corrected chi connectivity index (χ2v) is 8.22. The first kappa shape index (κ1) is 11.7. The number of anilines is 1. The van der Waals surface area contributed by atoms with Crippen molar-refractivity contribution in [1.29, 1.82) is 0 Å². The smallest absolute Gasteiger partial charge is 0.0372 e. The number of para-hydroxylation sites is 1. The van der Waals surface area contributed by atoms with Gasteiger partial charge in [-0.25, -0.2) is 0 Å². The average molecular weight is 267 g/mol. The molecule has 1 aliphatic heterocycles. The van der Waals surface area contributed by atoms with Crippen LogP contribution in [0.15, 0.2) is 24.3 Å². The lowest BCUT2D eigenvalue weighted by Gasteiger charge is -2.60. The first-order valence-electron chi connectivity index (χ1n) is 8.62. The van der Waals surface area contributed by atoms with Crippen LogP contribution in [0.4, 0.5) is 5.69 Å². The van der Waals surface area contributed by atoms with E-state index in [9.17, 15) is 0 Å². The summed E-state index contributed by atoms with van der Waals surface area (Å²) in [5.74, 6) is 4.14. The highest BCUT2D eigenvalue weighted by molar-refractivity contribution is 5.53. The van der Waals surface area contributed by atoms with Crippen LogP contribution in [0.25, 0.3) is 0 Å². The zero-order chi connectivity index (χ0) is 13.2. The summed E-state index contributed by atoms with van der Waals surface area (Å²) in [5, 5.41) is 3.74. The number of nitrogens with one attached hydrogen (secondary N) is 1. The Morgan fingerprint density at radius 3 is 2.25 bits per heavy atom. The van der Waals surface area contributed by atoms with Crippen molar-refractivity contribution >= 4 is 5.69 Å². The fraction of sp³-hybridized carbons (Fsp3) is 0.684. The molecule has 4 fully saturated rings. The van der Waals surface area contributed by atoms with E-state index in [2.05, 4.69) is 29.6 Å². The summed E-state index contributed by atoms with van der Waals surface area (Å²) < 4.78 is 0. The second-order valence-electron chi connectivity index (χ2n) is 8.22. The minimum atomic E-state index is 0.704.